The fraction of sp³-hybridized carbons (Fsp3) is 0.174. The quantitative estimate of drug-likeness (QED) is 0.450. The first kappa shape index (κ1) is 19.8. The summed E-state index contributed by atoms with van der Waals surface area (Å²) in [5.41, 5.74) is 1.91. The van der Waals surface area contributed by atoms with E-state index in [1.54, 1.807) is 19.5 Å². The van der Waals surface area contributed by atoms with Crippen LogP contribution >= 0.6 is 11.3 Å². The summed E-state index contributed by atoms with van der Waals surface area (Å²) in [6.45, 7) is 0. The van der Waals surface area contributed by atoms with E-state index >= 15 is 0 Å². The van der Waals surface area contributed by atoms with E-state index in [1.807, 2.05) is 60.0 Å². The van der Waals surface area contributed by atoms with E-state index < -0.39 is 0 Å². The highest BCUT2D eigenvalue weighted by molar-refractivity contribution is 7.09. The van der Waals surface area contributed by atoms with E-state index in [4.69, 9.17) is 9.15 Å². The van der Waals surface area contributed by atoms with Gasteiger partial charge in [-0.05, 0) is 29.8 Å². The number of oxazole rings is 1. The van der Waals surface area contributed by atoms with Gasteiger partial charge in [0, 0.05) is 30.0 Å². The Bertz CT molecular complexity index is 1080. The lowest BCUT2D eigenvalue weighted by Gasteiger charge is -2.16. The highest BCUT2D eigenvalue weighted by Crippen LogP contribution is 2.25. The summed E-state index contributed by atoms with van der Waals surface area (Å²) in [5, 5.41) is 5.84. The van der Waals surface area contributed by atoms with Crippen LogP contribution in [0.3, 0.4) is 0 Å². The first-order chi connectivity index (χ1) is 14.7. The van der Waals surface area contributed by atoms with E-state index in [1.165, 1.54) is 11.3 Å². The topological polar surface area (TPSA) is 77.2 Å². The number of rotatable bonds is 8. The first-order valence-corrected chi connectivity index (χ1v) is 10.4. The highest BCUT2D eigenvalue weighted by atomic mass is 32.1. The maximum absolute atomic E-state index is 12.6. The molecule has 0 radical (unpaired) electrons. The summed E-state index contributed by atoms with van der Waals surface area (Å²) in [5.74, 6) is 1.89. The van der Waals surface area contributed by atoms with Crippen LogP contribution in [0.25, 0.3) is 11.3 Å². The molecule has 1 unspecified atom stereocenters. The van der Waals surface area contributed by atoms with Gasteiger partial charge in [0.15, 0.2) is 11.7 Å². The largest absolute Gasteiger partial charge is 0.497 e. The maximum atomic E-state index is 12.6. The number of nitrogens with one attached hydrogen (secondary N) is 1. The Morgan fingerprint density at radius 1 is 1.13 bits per heavy atom. The smallest absolute Gasteiger partial charge is 0.221 e. The van der Waals surface area contributed by atoms with Gasteiger partial charge in [-0.15, -0.1) is 11.3 Å². The molecule has 2 aromatic carbocycles. The van der Waals surface area contributed by atoms with Crippen molar-refractivity contribution in [1.29, 1.82) is 0 Å². The van der Waals surface area contributed by atoms with Crippen molar-refractivity contribution in [3.8, 4) is 17.1 Å². The monoisotopic (exact) mass is 419 g/mol. The van der Waals surface area contributed by atoms with Gasteiger partial charge in [0.25, 0.3) is 0 Å². The zero-order valence-corrected chi connectivity index (χ0v) is 17.3. The molecule has 2 heterocycles. The number of methoxy groups -OCH3 is 1. The SMILES string of the molecule is COc1ccc(-c2cnc(CCC(=O)NC(c3ccccc3)c3nccs3)o2)cc1. The molecule has 30 heavy (non-hydrogen) atoms. The minimum atomic E-state index is -0.266. The third-order valence-electron chi connectivity index (χ3n) is 4.63. The van der Waals surface area contributed by atoms with Crippen LogP contribution in [-0.2, 0) is 11.2 Å². The number of aryl methyl sites for hydroxylation is 1. The predicted molar refractivity (Wildman–Crippen MR) is 115 cm³/mol. The number of nitrogens with zero attached hydrogens (tertiary/aromatic N) is 2. The average molecular weight is 420 g/mol. The van der Waals surface area contributed by atoms with E-state index in [0.717, 1.165) is 21.9 Å². The first-order valence-electron chi connectivity index (χ1n) is 9.56. The number of ether oxygens (including phenoxy) is 1. The van der Waals surface area contributed by atoms with Crippen LogP contribution in [0.15, 0.2) is 76.8 Å². The second-order valence-corrected chi connectivity index (χ2v) is 7.55. The third-order valence-corrected chi connectivity index (χ3v) is 5.47. The molecule has 0 aliphatic carbocycles. The summed E-state index contributed by atoms with van der Waals surface area (Å²) in [6.07, 6.45) is 4.12. The van der Waals surface area contributed by atoms with Crippen LogP contribution in [0.2, 0.25) is 0 Å². The Morgan fingerprint density at radius 3 is 2.63 bits per heavy atom. The number of carbonyl (C=O) groups is 1. The number of benzene rings is 2. The van der Waals surface area contributed by atoms with Gasteiger partial charge in [-0.25, -0.2) is 9.97 Å². The van der Waals surface area contributed by atoms with Crippen LogP contribution in [0.4, 0.5) is 0 Å². The number of aromatic nitrogens is 2. The van der Waals surface area contributed by atoms with Crippen molar-refractivity contribution in [2.75, 3.05) is 7.11 Å². The van der Waals surface area contributed by atoms with Gasteiger partial charge in [-0.1, -0.05) is 30.3 Å². The van der Waals surface area contributed by atoms with Gasteiger partial charge in [-0.3, -0.25) is 4.79 Å². The molecule has 6 nitrogen and oxygen atoms in total. The Labute approximate surface area is 178 Å². The van der Waals surface area contributed by atoms with Crippen molar-refractivity contribution >= 4 is 17.2 Å². The Morgan fingerprint density at radius 2 is 1.93 bits per heavy atom. The van der Waals surface area contributed by atoms with Gasteiger partial charge >= 0.3 is 0 Å². The lowest BCUT2D eigenvalue weighted by molar-refractivity contribution is -0.121. The molecular weight excluding hydrogens is 398 g/mol. The van der Waals surface area contributed by atoms with Crippen molar-refractivity contribution in [1.82, 2.24) is 15.3 Å². The van der Waals surface area contributed by atoms with E-state index in [2.05, 4.69) is 15.3 Å². The summed E-state index contributed by atoms with van der Waals surface area (Å²) in [6, 6.07) is 17.1. The molecule has 1 atom stereocenters. The second-order valence-electron chi connectivity index (χ2n) is 6.63. The molecule has 4 rings (SSSR count). The van der Waals surface area contributed by atoms with Crippen LogP contribution in [0.5, 0.6) is 5.75 Å². The molecule has 0 bridgehead atoms. The number of hydrogen-bond acceptors (Lipinski definition) is 6. The molecule has 7 heteroatoms. The molecule has 152 valence electrons. The summed E-state index contributed by atoms with van der Waals surface area (Å²) in [4.78, 5) is 21.3. The Balaban J connectivity index is 1.39. The van der Waals surface area contributed by atoms with Crippen molar-refractivity contribution in [2.45, 2.75) is 18.9 Å². The minimum absolute atomic E-state index is 0.0803. The van der Waals surface area contributed by atoms with E-state index in [0.29, 0.717) is 18.1 Å². The van der Waals surface area contributed by atoms with Gasteiger partial charge in [0.1, 0.15) is 16.8 Å². The van der Waals surface area contributed by atoms with E-state index in [9.17, 15) is 4.79 Å². The fourth-order valence-corrected chi connectivity index (χ4v) is 3.79. The van der Waals surface area contributed by atoms with Crippen molar-refractivity contribution in [3.63, 3.8) is 0 Å². The second kappa shape index (κ2) is 9.37. The molecule has 0 aliphatic heterocycles. The molecule has 0 fully saturated rings. The zero-order valence-electron chi connectivity index (χ0n) is 16.4. The lowest BCUT2D eigenvalue weighted by Crippen LogP contribution is -2.29. The molecule has 4 aromatic rings. The van der Waals surface area contributed by atoms with Crippen LogP contribution < -0.4 is 10.1 Å². The minimum Gasteiger partial charge on any atom is -0.497 e. The fourth-order valence-electron chi connectivity index (χ4n) is 3.08. The van der Waals surface area contributed by atoms with E-state index in [-0.39, 0.29) is 18.4 Å². The third kappa shape index (κ3) is 4.75. The van der Waals surface area contributed by atoms with Gasteiger partial charge in [-0.2, -0.15) is 0 Å². The molecule has 0 saturated heterocycles. The normalized spacial score (nSPS) is 11.8. The number of hydrogen-bond donors (Lipinski definition) is 1. The summed E-state index contributed by atoms with van der Waals surface area (Å²) >= 11 is 1.52. The van der Waals surface area contributed by atoms with Gasteiger partial charge in [0.2, 0.25) is 5.91 Å². The summed E-state index contributed by atoms with van der Waals surface area (Å²) < 4.78 is 11.0. The van der Waals surface area contributed by atoms with Crippen LogP contribution in [-0.4, -0.2) is 23.0 Å². The highest BCUT2D eigenvalue weighted by Gasteiger charge is 2.19. The van der Waals surface area contributed by atoms with Crippen molar-refractivity contribution in [2.24, 2.45) is 0 Å². The van der Waals surface area contributed by atoms with Crippen LogP contribution in [0.1, 0.15) is 28.9 Å². The number of thiazole rings is 1. The Hall–Kier alpha value is -3.45. The van der Waals surface area contributed by atoms with Crippen LogP contribution in [0, 0.1) is 0 Å². The van der Waals surface area contributed by atoms with Crippen molar-refractivity contribution in [3.05, 3.63) is 88.8 Å². The molecule has 1 N–H and O–H groups in total. The number of carbonyl (C=O) groups excluding carboxylic acids is 1. The Kier molecular flexibility index (Phi) is 6.20. The molecular formula is C23H21N3O3S. The van der Waals surface area contributed by atoms with Crippen molar-refractivity contribution < 1.29 is 13.9 Å². The zero-order chi connectivity index (χ0) is 20.8. The lowest BCUT2D eigenvalue weighted by atomic mass is 10.1. The van der Waals surface area contributed by atoms with Gasteiger partial charge in [0.05, 0.1) is 13.3 Å². The van der Waals surface area contributed by atoms with Gasteiger partial charge < -0.3 is 14.5 Å². The molecule has 0 saturated carbocycles. The molecule has 0 aliphatic rings. The maximum Gasteiger partial charge on any atom is 0.221 e. The standard InChI is InChI=1S/C23H21N3O3S/c1-28-18-9-7-16(8-10-18)19-15-25-21(29-19)12-11-20(27)26-22(23-24-13-14-30-23)17-5-3-2-4-6-17/h2-10,13-15,22H,11-12H2,1H3,(H,26,27). The average Bonchev–Trinajstić information content (AvgIpc) is 3.49. The molecule has 2 aromatic heterocycles. The predicted octanol–water partition coefficient (Wildman–Crippen LogP) is 4.65. The molecule has 0 spiro atoms. The molecule has 1 amide bonds. The number of amides is 1. The summed E-state index contributed by atoms with van der Waals surface area (Å²) in [7, 11) is 1.63.